The average Bonchev–Trinajstić information content (AvgIpc) is 2.68. The maximum Gasteiger partial charge on any atom is 0.309 e. The normalized spacial score (nSPS) is 37.5. The first-order valence-electron chi connectivity index (χ1n) is 4.00. The van der Waals surface area contributed by atoms with Crippen LogP contribution in [0.3, 0.4) is 0 Å². The van der Waals surface area contributed by atoms with Gasteiger partial charge in [0.25, 0.3) is 0 Å². The molecule has 4 heteroatoms. The molecule has 1 saturated heterocycles. The van der Waals surface area contributed by atoms with Crippen molar-refractivity contribution < 1.29 is 9.90 Å². The highest BCUT2D eigenvalue weighted by atomic mass is 16.4. The summed E-state index contributed by atoms with van der Waals surface area (Å²) in [5, 5.41) is 8.78. The third-order valence-corrected chi connectivity index (χ3v) is 2.47. The molecule has 1 heterocycles. The largest absolute Gasteiger partial charge is 0.481 e. The lowest BCUT2D eigenvalue weighted by atomic mass is 9.98. The molecule has 0 aromatic heterocycles. The van der Waals surface area contributed by atoms with Gasteiger partial charge in [-0.15, -0.1) is 0 Å². The Morgan fingerprint density at radius 1 is 1.45 bits per heavy atom. The minimum atomic E-state index is -0.681. The molecule has 2 fully saturated rings. The maximum absolute atomic E-state index is 10.7. The Kier molecular flexibility index (Phi) is 1.58. The van der Waals surface area contributed by atoms with Crippen molar-refractivity contribution in [1.29, 1.82) is 0 Å². The highest BCUT2D eigenvalue weighted by molar-refractivity contribution is 5.71. The Morgan fingerprint density at radius 3 is 2.73 bits per heavy atom. The first-order chi connectivity index (χ1) is 5.29. The first kappa shape index (κ1) is 7.06. The van der Waals surface area contributed by atoms with Crippen molar-refractivity contribution in [3.8, 4) is 0 Å². The Labute approximate surface area is 64.9 Å². The molecular formula is C7H12N2O2. The molecule has 2 aliphatic rings. The topological polar surface area (TPSA) is 61.4 Å². The maximum atomic E-state index is 10.7. The molecule has 0 aromatic carbocycles. The minimum absolute atomic E-state index is 0.174. The number of aliphatic carboxylic acids is 1. The standard InChI is InChI=1S/C7H12N2O2/c10-7(11)5-3-8-9-6(5)4-1-2-4/h4-6,8-9H,1-3H2,(H,10,11). The van der Waals surface area contributed by atoms with Crippen LogP contribution in [0.5, 0.6) is 0 Å². The average molecular weight is 156 g/mol. The summed E-state index contributed by atoms with van der Waals surface area (Å²) in [5.74, 6) is -0.298. The third kappa shape index (κ3) is 1.23. The van der Waals surface area contributed by atoms with E-state index in [1.165, 1.54) is 12.8 Å². The van der Waals surface area contributed by atoms with E-state index in [0.29, 0.717) is 12.5 Å². The summed E-state index contributed by atoms with van der Waals surface area (Å²) in [7, 11) is 0. The van der Waals surface area contributed by atoms with Gasteiger partial charge in [0.05, 0.1) is 5.92 Å². The molecule has 2 rings (SSSR count). The third-order valence-electron chi connectivity index (χ3n) is 2.47. The number of carboxylic acids is 1. The van der Waals surface area contributed by atoms with Crippen molar-refractivity contribution in [3.63, 3.8) is 0 Å². The van der Waals surface area contributed by atoms with Gasteiger partial charge in [-0.1, -0.05) is 0 Å². The Bertz CT molecular complexity index is 179. The van der Waals surface area contributed by atoms with Crippen LogP contribution in [0.15, 0.2) is 0 Å². The van der Waals surface area contributed by atoms with E-state index in [1.54, 1.807) is 0 Å². The van der Waals surface area contributed by atoms with Crippen molar-refractivity contribution in [2.45, 2.75) is 18.9 Å². The van der Waals surface area contributed by atoms with Crippen LogP contribution in [-0.2, 0) is 4.79 Å². The van der Waals surface area contributed by atoms with Gasteiger partial charge in [0, 0.05) is 12.6 Å². The van der Waals surface area contributed by atoms with Gasteiger partial charge < -0.3 is 5.11 Å². The molecule has 3 N–H and O–H groups in total. The van der Waals surface area contributed by atoms with E-state index < -0.39 is 5.97 Å². The molecule has 1 aliphatic heterocycles. The molecule has 1 saturated carbocycles. The summed E-state index contributed by atoms with van der Waals surface area (Å²) >= 11 is 0. The van der Waals surface area contributed by atoms with Gasteiger partial charge in [0.2, 0.25) is 0 Å². The highest BCUT2D eigenvalue weighted by Gasteiger charge is 2.42. The van der Waals surface area contributed by atoms with Crippen LogP contribution in [0, 0.1) is 11.8 Å². The van der Waals surface area contributed by atoms with Crippen molar-refractivity contribution in [2.24, 2.45) is 11.8 Å². The summed E-state index contributed by atoms with van der Waals surface area (Å²) in [6, 6.07) is 0.174. The zero-order valence-electron chi connectivity index (χ0n) is 6.21. The van der Waals surface area contributed by atoms with E-state index in [4.69, 9.17) is 5.11 Å². The molecule has 11 heavy (non-hydrogen) atoms. The van der Waals surface area contributed by atoms with Crippen molar-refractivity contribution >= 4 is 5.97 Å². The van der Waals surface area contributed by atoms with Crippen LogP contribution in [0.1, 0.15) is 12.8 Å². The molecule has 4 nitrogen and oxygen atoms in total. The molecule has 2 atom stereocenters. The monoisotopic (exact) mass is 156 g/mol. The highest BCUT2D eigenvalue weighted by Crippen LogP contribution is 2.36. The van der Waals surface area contributed by atoms with E-state index >= 15 is 0 Å². The van der Waals surface area contributed by atoms with Crippen LogP contribution in [-0.4, -0.2) is 23.7 Å². The van der Waals surface area contributed by atoms with Crippen LogP contribution in [0.25, 0.3) is 0 Å². The van der Waals surface area contributed by atoms with Gasteiger partial charge in [-0.05, 0) is 18.8 Å². The molecule has 0 bridgehead atoms. The zero-order valence-corrected chi connectivity index (χ0v) is 6.21. The molecular weight excluding hydrogens is 144 g/mol. The van der Waals surface area contributed by atoms with Crippen molar-refractivity contribution in [3.05, 3.63) is 0 Å². The van der Waals surface area contributed by atoms with Crippen LogP contribution in [0.4, 0.5) is 0 Å². The second kappa shape index (κ2) is 2.46. The van der Waals surface area contributed by atoms with Crippen LogP contribution in [0.2, 0.25) is 0 Å². The Balaban J connectivity index is 2.01. The fraction of sp³-hybridized carbons (Fsp3) is 0.857. The second-order valence-electron chi connectivity index (χ2n) is 3.33. The predicted molar refractivity (Wildman–Crippen MR) is 38.8 cm³/mol. The molecule has 62 valence electrons. The lowest BCUT2D eigenvalue weighted by Crippen LogP contribution is -2.35. The number of carbonyl (C=O) groups is 1. The first-order valence-corrected chi connectivity index (χ1v) is 4.00. The summed E-state index contributed by atoms with van der Waals surface area (Å²) < 4.78 is 0. The van der Waals surface area contributed by atoms with Crippen molar-refractivity contribution in [1.82, 2.24) is 10.9 Å². The van der Waals surface area contributed by atoms with E-state index in [9.17, 15) is 4.79 Å². The Morgan fingerprint density at radius 2 is 2.18 bits per heavy atom. The van der Waals surface area contributed by atoms with Gasteiger partial charge in [-0.25, -0.2) is 0 Å². The summed E-state index contributed by atoms with van der Waals surface area (Å²) in [5.41, 5.74) is 5.91. The fourth-order valence-electron chi connectivity index (χ4n) is 1.66. The molecule has 0 spiro atoms. The summed E-state index contributed by atoms with van der Waals surface area (Å²) in [6.07, 6.45) is 2.37. The van der Waals surface area contributed by atoms with Crippen molar-refractivity contribution in [2.75, 3.05) is 6.54 Å². The number of hydrogen-bond donors (Lipinski definition) is 3. The van der Waals surface area contributed by atoms with Gasteiger partial charge in [0.15, 0.2) is 0 Å². The van der Waals surface area contributed by atoms with E-state index in [2.05, 4.69) is 10.9 Å². The summed E-state index contributed by atoms with van der Waals surface area (Å²) in [4.78, 5) is 10.7. The van der Waals surface area contributed by atoms with E-state index in [1.807, 2.05) is 0 Å². The number of carboxylic acid groups (broad SMARTS) is 1. The van der Waals surface area contributed by atoms with Gasteiger partial charge >= 0.3 is 5.97 Å². The minimum Gasteiger partial charge on any atom is -0.481 e. The number of nitrogens with one attached hydrogen (secondary N) is 2. The molecule has 1 aliphatic carbocycles. The molecule has 0 aromatic rings. The van der Waals surface area contributed by atoms with Crippen LogP contribution < -0.4 is 10.9 Å². The van der Waals surface area contributed by atoms with E-state index in [-0.39, 0.29) is 12.0 Å². The second-order valence-corrected chi connectivity index (χ2v) is 3.33. The number of hydrogen-bond acceptors (Lipinski definition) is 3. The van der Waals surface area contributed by atoms with E-state index in [0.717, 1.165) is 0 Å². The number of hydrazine groups is 1. The van der Waals surface area contributed by atoms with Gasteiger partial charge in [-0.3, -0.25) is 15.6 Å². The summed E-state index contributed by atoms with van der Waals surface area (Å²) in [6.45, 7) is 0.566. The Hall–Kier alpha value is -0.610. The smallest absolute Gasteiger partial charge is 0.309 e. The fourth-order valence-corrected chi connectivity index (χ4v) is 1.66. The molecule has 0 radical (unpaired) electrons. The van der Waals surface area contributed by atoms with Crippen LogP contribution >= 0.6 is 0 Å². The lowest BCUT2D eigenvalue weighted by molar-refractivity contribution is -0.141. The zero-order chi connectivity index (χ0) is 7.84. The number of rotatable bonds is 2. The SMILES string of the molecule is O=C(O)C1CNNC1C1CC1. The molecule has 0 amide bonds. The van der Waals surface area contributed by atoms with Gasteiger partial charge in [0.1, 0.15) is 0 Å². The predicted octanol–water partition coefficient (Wildman–Crippen LogP) is -0.426. The van der Waals surface area contributed by atoms with Gasteiger partial charge in [-0.2, -0.15) is 0 Å². The molecule has 2 unspecified atom stereocenters. The lowest BCUT2D eigenvalue weighted by Gasteiger charge is -2.12. The quantitative estimate of drug-likeness (QED) is 0.508.